The highest BCUT2D eigenvalue weighted by Crippen LogP contribution is 2.31. The first-order valence-corrected chi connectivity index (χ1v) is 10.3. The molecule has 2 N–H and O–H groups in total. The third-order valence-corrected chi connectivity index (χ3v) is 5.63. The van der Waals surface area contributed by atoms with Crippen molar-refractivity contribution in [1.29, 1.82) is 0 Å². The van der Waals surface area contributed by atoms with Crippen LogP contribution in [0.25, 0.3) is 0 Å². The fourth-order valence-corrected chi connectivity index (χ4v) is 3.66. The Balaban J connectivity index is 1.78. The summed E-state index contributed by atoms with van der Waals surface area (Å²) in [5, 5.41) is 0.214. The van der Waals surface area contributed by atoms with Crippen LogP contribution < -0.4 is 20.3 Å². The molecule has 0 spiro atoms. The number of nitrogens with zero attached hydrogens (tertiary/aromatic N) is 4. The SMILES string of the molecule is COc1cc(N2CCN(c3nc(S(C)=O)nc(N)c3Br)CC2)ccc1F. The second-order valence-corrected chi connectivity index (χ2v) is 7.84. The van der Waals surface area contributed by atoms with E-state index in [1.165, 1.54) is 19.4 Å². The number of halogens is 2. The summed E-state index contributed by atoms with van der Waals surface area (Å²) in [6, 6.07) is 4.84. The second-order valence-electron chi connectivity index (χ2n) is 5.78. The lowest BCUT2D eigenvalue weighted by Gasteiger charge is -2.37. The molecule has 1 aromatic carbocycles. The molecule has 0 amide bonds. The highest BCUT2D eigenvalue weighted by molar-refractivity contribution is 9.10. The van der Waals surface area contributed by atoms with Gasteiger partial charge in [0.2, 0.25) is 5.16 Å². The van der Waals surface area contributed by atoms with Crippen molar-refractivity contribution < 1.29 is 13.3 Å². The minimum atomic E-state index is -1.31. The topological polar surface area (TPSA) is 84.6 Å². The zero-order valence-electron chi connectivity index (χ0n) is 14.4. The summed E-state index contributed by atoms with van der Waals surface area (Å²) in [6.45, 7) is 2.81. The molecular formula is C16H19BrFN5O2S. The van der Waals surface area contributed by atoms with Gasteiger partial charge in [-0.1, -0.05) is 0 Å². The van der Waals surface area contributed by atoms with Gasteiger partial charge in [-0.3, -0.25) is 4.21 Å². The van der Waals surface area contributed by atoms with E-state index in [2.05, 4.69) is 35.7 Å². The van der Waals surface area contributed by atoms with Crippen molar-refractivity contribution in [2.24, 2.45) is 0 Å². The molecule has 0 aliphatic carbocycles. The van der Waals surface area contributed by atoms with Crippen molar-refractivity contribution in [3.8, 4) is 5.75 Å². The lowest BCUT2D eigenvalue weighted by Crippen LogP contribution is -2.47. The van der Waals surface area contributed by atoms with Crippen molar-refractivity contribution in [2.45, 2.75) is 5.16 Å². The van der Waals surface area contributed by atoms with Crippen LogP contribution in [-0.2, 0) is 10.8 Å². The van der Waals surface area contributed by atoms with E-state index in [1.54, 1.807) is 12.1 Å². The highest BCUT2D eigenvalue weighted by atomic mass is 79.9. The number of anilines is 3. The summed E-state index contributed by atoms with van der Waals surface area (Å²) in [4.78, 5) is 12.7. The number of nitrogens with two attached hydrogens (primary N) is 1. The molecular weight excluding hydrogens is 425 g/mol. The lowest BCUT2D eigenvalue weighted by atomic mass is 10.2. The Morgan fingerprint density at radius 1 is 1.23 bits per heavy atom. The summed E-state index contributed by atoms with van der Waals surface area (Å²) >= 11 is 3.42. The predicted molar refractivity (Wildman–Crippen MR) is 104 cm³/mol. The fraction of sp³-hybridized carbons (Fsp3) is 0.375. The Bertz CT molecular complexity index is 846. The van der Waals surface area contributed by atoms with E-state index in [1.807, 2.05) is 0 Å². The molecule has 7 nitrogen and oxygen atoms in total. The third kappa shape index (κ3) is 3.75. The average molecular weight is 444 g/mol. The van der Waals surface area contributed by atoms with Gasteiger partial charge >= 0.3 is 0 Å². The third-order valence-electron chi connectivity index (χ3n) is 4.18. The molecule has 1 fully saturated rings. The summed E-state index contributed by atoms with van der Waals surface area (Å²) in [7, 11) is 0.136. The molecule has 1 saturated heterocycles. The number of hydrogen-bond donors (Lipinski definition) is 1. The molecule has 0 bridgehead atoms. The van der Waals surface area contributed by atoms with E-state index in [4.69, 9.17) is 10.5 Å². The monoisotopic (exact) mass is 443 g/mol. The average Bonchev–Trinajstić information content (AvgIpc) is 2.64. The number of methoxy groups -OCH3 is 1. The Morgan fingerprint density at radius 3 is 2.50 bits per heavy atom. The number of hydrogen-bond acceptors (Lipinski definition) is 7. The first kappa shape index (κ1) is 18.8. The van der Waals surface area contributed by atoms with E-state index in [0.29, 0.717) is 23.4 Å². The van der Waals surface area contributed by atoms with Gasteiger partial charge in [0.05, 0.1) is 17.9 Å². The van der Waals surface area contributed by atoms with Gasteiger partial charge in [-0.2, -0.15) is 0 Å². The van der Waals surface area contributed by atoms with Crippen LogP contribution in [0.5, 0.6) is 5.75 Å². The van der Waals surface area contributed by atoms with Crippen LogP contribution in [-0.4, -0.2) is 53.7 Å². The maximum atomic E-state index is 13.6. The number of piperazine rings is 1. The molecule has 1 atom stereocenters. The van der Waals surface area contributed by atoms with Crippen molar-refractivity contribution >= 4 is 44.1 Å². The molecule has 0 radical (unpaired) electrons. The molecule has 3 rings (SSSR count). The summed E-state index contributed by atoms with van der Waals surface area (Å²) < 4.78 is 31.0. The van der Waals surface area contributed by atoms with Crippen LogP contribution in [0, 0.1) is 5.82 Å². The number of ether oxygens (including phenoxy) is 1. The van der Waals surface area contributed by atoms with Crippen LogP contribution in [0.1, 0.15) is 0 Å². The van der Waals surface area contributed by atoms with Crippen LogP contribution in [0.4, 0.5) is 21.7 Å². The number of aromatic nitrogens is 2. The van der Waals surface area contributed by atoms with Gasteiger partial charge in [-0.25, -0.2) is 14.4 Å². The van der Waals surface area contributed by atoms with Gasteiger partial charge in [0.1, 0.15) is 16.1 Å². The van der Waals surface area contributed by atoms with Crippen molar-refractivity contribution in [3.05, 3.63) is 28.5 Å². The van der Waals surface area contributed by atoms with Gasteiger partial charge in [-0.05, 0) is 28.1 Å². The molecule has 10 heteroatoms. The van der Waals surface area contributed by atoms with Gasteiger partial charge in [-0.15, -0.1) is 0 Å². The fourth-order valence-electron chi connectivity index (χ4n) is 2.79. The maximum absolute atomic E-state index is 13.6. The van der Waals surface area contributed by atoms with E-state index in [0.717, 1.165) is 18.8 Å². The van der Waals surface area contributed by atoms with Crippen LogP contribution >= 0.6 is 15.9 Å². The molecule has 2 aromatic rings. The van der Waals surface area contributed by atoms with E-state index < -0.39 is 10.8 Å². The zero-order valence-corrected chi connectivity index (χ0v) is 16.8. The van der Waals surface area contributed by atoms with Crippen molar-refractivity contribution in [2.75, 3.05) is 55.1 Å². The minimum Gasteiger partial charge on any atom is -0.494 e. The molecule has 1 aliphatic heterocycles. The van der Waals surface area contributed by atoms with E-state index in [-0.39, 0.29) is 22.5 Å². The van der Waals surface area contributed by atoms with Crippen molar-refractivity contribution in [3.63, 3.8) is 0 Å². The Kier molecular flexibility index (Phi) is 5.61. The molecule has 26 heavy (non-hydrogen) atoms. The lowest BCUT2D eigenvalue weighted by molar-refractivity contribution is 0.386. The Morgan fingerprint density at radius 2 is 1.88 bits per heavy atom. The van der Waals surface area contributed by atoms with E-state index in [9.17, 15) is 8.60 Å². The largest absolute Gasteiger partial charge is 0.494 e. The van der Waals surface area contributed by atoms with Gasteiger partial charge < -0.3 is 20.3 Å². The van der Waals surface area contributed by atoms with Crippen LogP contribution in [0.3, 0.4) is 0 Å². The second kappa shape index (κ2) is 7.75. The number of nitrogen functional groups attached to an aromatic ring is 1. The molecule has 0 saturated carbocycles. The quantitative estimate of drug-likeness (QED) is 0.723. The first-order chi connectivity index (χ1) is 12.4. The molecule has 140 valence electrons. The number of rotatable bonds is 4. The first-order valence-electron chi connectivity index (χ1n) is 7.90. The smallest absolute Gasteiger partial charge is 0.222 e. The Hall–Kier alpha value is -1.94. The predicted octanol–water partition coefficient (Wildman–Crippen LogP) is 2.03. The van der Waals surface area contributed by atoms with Crippen LogP contribution in [0.15, 0.2) is 27.8 Å². The molecule has 2 heterocycles. The van der Waals surface area contributed by atoms with Crippen molar-refractivity contribution in [1.82, 2.24) is 9.97 Å². The van der Waals surface area contributed by atoms with Crippen LogP contribution in [0.2, 0.25) is 0 Å². The van der Waals surface area contributed by atoms with Gasteiger partial charge in [0.25, 0.3) is 0 Å². The Labute approximate surface area is 161 Å². The standard InChI is InChI=1S/C16H19BrFN5O2S/c1-25-12-9-10(3-4-11(12)18)22-5-7-23(8-6-22)15-13(17)14(19)20-16(21-15)26(2)24/h3-4,9H,5-8H2,1-2H3,(H2,19,20,21). The summed E-state index contributed by atoms with van der Waals surface area (Å²) in [5.41, 5.74) is 6.81. The summed E-state index contributed by atoms with van der Waals surface area (Å²) in [5.74, 6) is 0.756. The molecule has 1 aliphatic rings. The highest BCUT2D eigenvalue weighted by Gasteiger charge is 2.23. The van der Waals surface area contributed by atoms with E-state index >= 15 is 0 Å². The maximum Gasteiger partial charge on any atom is 0.222 e. The van der Waals surface area contributed by atoms with Gasteiger partial charge in [0, 0.05) is 44.2 Å². The van der Waals surface area contributed by atoms with Gasteiger partial charge in [0.15, 0.2) is 11.6 Å². The zero-order chi connectivity index (χ0) is 18.8. The molecule has 1 aromatic heterocycles. The number of benzene rings is 1. The minimum absolute atomic E-state index is 0.214. The summed E-state index contributed by atoms with van der Waals surface area (Å²) in [6.07, 6.45) is 1.52. The molecule has 1 unspecified atom stereocenters. The normalized spacial score (nSPS) is 15.8.